The topological polar surface area (TPSA) is 46.3 Å². The van der Waals surface area contributed by atoms with Crippen LogP contribution in [0.5, 0.6) is 0 Å². The highest BCUT2D eigenvalue weighted by molar-refractivity contribution is 6.30. The molecule has 1 amide bonds. The molecule has 1 aromatic rings. The lowest BCUT2D eigenvalue weighted by Gasteiger charge is -2.30. The molecule has 5 heteroatoms. The molecular weight excluding hydrogens is 231 g/mol. The van der Waals surface area contributed by atoms with Gasteiger partial charge in [0.2, 0.25) is 5.91 Å². The molecule has 1 aliphatic heterocycles. The Morgan fingerprint density at radius 3 is 2.94 bits per heavy atom. The summed E-state index contributed by atoms with van der Waals surface area (Å²) in [5, 5.41) is 0.0532. The molecule has 1 fully saturated rings. The Bertz CT molecular complexity index is 424. The third-order valence-corrected chi connectivity index (χ3v) is 3.00. The van der Waals surface area contributed by atoms with Crippen molar-refractivity contribution in [3.8, 4) is 0 Å². The highest BCUT2D eigenvalue weighted by Crippen LogP contribution is 2.24. The van der Waals surface area contributed by atoms with E-state index in [0.29, 0.717) is 18.7 Å². The van der Waals surface area contributed by atoms with Crippen molar-refractivity contribution in [1.82, 2.24) is 0 Å². The quantitative estimate of drug-likeness (QED) is 0.818. The molecule has 86 valence electrons. The summed E-state index contributed by atoms with van der Waals surface area (Å²) in [5.74, 6) is -0.681. The van der Waals surface area contributed by atoms with E-state index in [1.165, 1.54) is 17.0 Å². The minimum atomic E-state index is -0.522. The van der Waals surface area contributed by atoms with Crippen LogP contribution in [-0.2, 0) is 4.79 Å². The monoisotopic (exact) mass is 242 g/mol. The van der Waals surface area contributed by atoms with E-state index in [4.69, 9.17) is 17.3 Å². The summed E-state index contributed by atoms with van der Waals surface area (Å²) in [4.78, 5) is 13.3. The van der Waals surface area contributed by atoms with Gasteiger partial charge in [-0.3, -0.25) is 4.79 Å². The van der Waals surface area contributed by atoms with Gasteiger partial charge in [-0.25, -0.2) is 4.39 Å². The van der Waals surface area contributed by atoms with E-state index in [9.17, 15) is 9.18 Å². The van der Waals surface area contributed by atoms with Crippen LogP contribution in [0.2, 0.25) is 5.02 Å². The number of halogens is 2. The summed E-state index contributed by atoms with van der Waals surface area (Å²) in [6.45, 7) is 0.577. The van der Waals surface area contributed by atoms with Crippen LogP contribution in [0.1, 0.15) is 12.8 Å². The van der Waals surface area contributed by atoms with Crippen LogP contribution in [0.3, 0.4) is 0 Å². The van der Waals surface area contributed by atoms with Crippen molar-refractivity contribution in [2.24, 2.45) is 5.73 Å². The van der Waals surface area contributed by atoms with Gasteiger partial charge in [-0.1, -0.05) is 11.6 Å². The van der Waals surface area contributed by atoms with Gasteiger partial charge in [0.25, 0.3) is 0 Å². The molecule has 0 saturated carbocycles. The molecule has 0 radical (unpaired) electrons. The number of nitrogens with zero attached hydrogens (tertiary/aromatic N) is 1. The van der Waals surface area contributed by atoms with Crippen molar-refractivity contribution in [3.05, 3.63) is 29.0 Å². The van der Waals surface area contributed by atoms with E-state index in [1.807, 2.05) is 0 Å². The molecule has 0 spiro atoms. The maximum absolute atomic E-state index is 13.3. The van der Waals surface area contributed by atoms with E-state index in [2.05, 4.69) is 0 Å². The lowest BCUT2D eigenvalue weighted by molar-refractivity contribution is -0.120. The summed E-state index contributed by atoms with van der Waals surface area (Å²) in [6.07, 6.45) is 1.52. The van der Waals surface area contributed by atoms with Crippen molar-refractivity contribution < 1.29 is 9.18 Å². The molecule has 2 N–H and O–H groups in total. The van der Waals surface area contributed by atoms with E-state index in [0.717, 1.165) is 6.42 Å². The molecule has 1 aromatic carbocycles. The molecule has 3 nitrogen and oxygen atoms in total. The number of carbonyl (C=O) groups excluding carboxylic acids is 1. The minimum Gasteiger partial charge on any atom is -0.320 e. The largest absolute Gasteiger partial charge is 0.320 e. The first-order chi connectivity index (χ1) is 7.59. The van der Waals surface area contributed by atoms with Gasteiger partial charge in [-0.05, 0) is 31.0 Å². The maximum Gasteiger partial charge on any atom is 0.243 e. The van der Waals surface area contributed by atoms with Crippen molar-refractivity contribution in [2.45, 2.75) is 18.9 Å². The van der Waals surface area contributed by atoms with E-state index in [-0.39, 0.29) is 10.9 Å². The van der Waals surface area contributed by atoms with E-state index in [1.54, 1.807) is 6.07 Å². The lowest BCUT2D eigenvalue weighted by Crippen LogP contribution is -2.48. The summed E-state index contributed by atoms with van der Waals surface area (Å²) in [7, 11) is 0. The maximum atomic E-state index is 13.3. The van der Waals surface area contributed by atoms with Crippen LogP contribution in [0.15, 0.2) is 18.2 Å². The van der Waals surface area contributed by atoms with Crippen molar-refractivity contribution in [3.63, 3.8) is 0 Å². The van der Waals surface area contributed by atoms with Crippen LogP contribution in [0, 0.1) is 5.82 Å². The fourth-order valence-corrected chi connectivity index (χ4v) is 1.93. The van der Waals surface area contributed by atoms with Crippen LogP contribution in [0.4, 0.5) is 10.1 Å². The number of carbonyl (C=O) groups is 1. The van der Waals surface area contributed by atoms with Crippen LogP contribution in [0.25, 0.3) is 0 Å². The fourth-order valence-electron chi connectivity index (χ4n) is 1.81. The Labute approximate surface area is 98.0 Å². The zero-order valence-corrected chi connectivity index (χ0v) is 9.38. The second kappa shape index (κ2) is 4.39. The molecule has 0 aromatic heterocycles. The molecule has 1 saturated heterocycles. The first-order valence-electron chi connectivity index (χ1n) is 5.11. The average molecular weight is 243 g/mol. The zero-order chi connectivity index (χ0) is 11.7. The van der Waals surface area contributed by atoms with Gasteiger partial charge in [-0.15, -0.1) is 0 Å². The first-order valence-corrected chi connectivity index (χ1v) is 5.49. The second-order valence-corrected chi connectivity index (χ2v) is 4.24. The average Bonchev–Trinajstić information content (AvgIpc) is 2.26. The number of rotatable bonds is 1. The Morgan fingerprint density at radius 2 is 2.25 bits per heavy atom. The van der Waals surface area contributed by atoms with E-state index < -0.39 is 11.9 Å². The summed E-state index contributed by atoms with van der Waals surface area (Å²) in [6, 6.07) is 3.85. The minimum absolute atomic E-state index is 0.0532. The number of piperidine rings is 1. The number of anilines is 1. The third-order valence-electron chi connectivity index (χ3n) is 2.69. The van der Waals surface area contributed by atoms with Crippen LogP contribution >= 0.6 is 11.6 Å². The highest BCUT2D eigenvalue weighted by atomic mass is 35.5. The summed E-state index contributed by atoms with van der Waals surface area (Å²) < 4.78 is 13.3. The highest BCUT2D eigenvalue weighted by Gasteiger charge is 2.26. The molecular formula is C11H12ClFN2O. The standard InChI is InChI=1S/C11H12ClFN2O/c12-8-4-3-7(6-9(8)13)15-5-1-2-10(14)11(15)16/h3-4,6,10H,1-2,5,14H2. The van der Waals surface area contributed by atoms with Gasteiger partial charge in [0, 0.05) is 12.2 Å². The normalized spacial score (nSPS) is 21.3. The molecule has 0 aliphatic carbocycles. The molecule has 1 unspecified atom stereocenters. The predicted octanol–water partition coefficient (Wildman–Crippen LogP) is 1.93. The number of hydrogen-bond acceptors (Lipinski definition) is 2. The molecule has 2 rings (SSSR count). The van der Waals surface area contributed by atoms with Gasteiger partial charge in [-0.2, -0.15) is 0 Å². The summed E-state index contributed by atoms with van der Waals surface area (Å²) in [5.41, 5.74) is 6.18. The first kappa shape index (κ1) is 11.4. The molecule has 16 heavy (non-hydrogen) atoms. The van der Waals surface area contributed by atoms with Gasteiger partial charge < -0.3 is 10.6 Å². The van der Waals surface area contributed by atoms with Crippen molar-refractivity contribution in [1.29, 1.82) is 0 Å². The van der Waals surface area contributed by atoms with Crippen LogP contribution in [-0.4, -0.2) is 18.5 Å². The zero-order valence-electron chi connectivity index (χ0n) is 8.62. The number of benzene rings is 1. The fraction of sp³-hybridized carbons (Fsp3) is 0.364. The Hall–Kier alpha value is -1.13. The number of hydrogen-bond donors (Lipinski definition) is 1. The summed E-state index contributed by atoms with van der Waals surface area (Å²) >= 11 is 5.58. The number of nitrogens with two attached hydrogens (primary N) is 1. The molecule has 1 heterocycles. The Morgan fingerprint density at radius 1 is 1.50 bits per heavy atom. The second-order valence-electron chi connectivity index (χ2n) is 3.84. The van der Waals surface area contributed by atoms with Crippen molar-refractivity contribution >= 4 is 23.2 Å². The molecule has 1 aliphatic rings. The number of amides is 1. The van der Waals surface area contributed by atoms with Gasteiger partial charge in [0.15, 0.2) is 0 Å². The molecule has 1 atom stereocenters. The SMILES string of the molecule is NC1CCCN(c2ccc(Cl)c(F)c2)C1=O. The molecule has 0 bridgehead atoms. The van der Waals surface area contributed by atoms with Gasteiger partial charge in [0.1, 0.15) is 5.82 Å². The smallest absolute Gasteiger partial charge is 0.243 e. The van der Waals surface area contributed by atoms with Crippen molar-refractivity contribution in [2.75, 3.05) is 11.4 Å². The third kappa shape index (κ3) is 2.03. The van der Waals surface area contributed by atoms with Gasteiger partial charge >= 0.3 is 0 Å². The predicted molar refractivity (Wildman–Crippen MR) is 61.0 cm³/mol. The Balaban J connectivity index is 2.29. The van der Waals surface area contributed by atoms with E-state index >= 15 is 0 Å². The van der Waals surface area contributed by atoms with Gasteiger partial charge in [0.05, 0.1) is 11.1 Å². The lowest BCUT2D eigenvalue weighted by atomic mass is 10.0. The van der Waals surface area contributed by atoms with Crippen LogP contribution < -0.4 is 10.6 Å². The Kier molecular flexibility index (Phi) is 3.12.